The standard InChI is InChI=1S/C49H72N6O11/c1-13-53(11)37-23-30(4)62-46(40(37)58)65-43-32(6)41(64-38(56)24-35-18-14-20-50-26-35)33(7)45(59)63-34(8)49(10)42(31(5)39(57)28(2)25-48(43,9)61-12)54(47(60)66-49)22-16-17-29(3)55-27-52-44-36(55)19-15-21-51-44/h13-15,18-21,26,28-34,37,40-43,46,58H,1,16-17,22-25,27H2,2-12H3,(H,51,52)/t28-,29?,30-,31+,32+,33-,34-,37+,40-,41+,42+,43-,46?,48-,49-/m1/s1. The number of aliphatic hydroxyl groups is 1. The van der Waals surface area contributed by atoms with E-state index in [2.05, 4.69) is 33.7 Å². The SMILES string of the molecule is C=CN(C)[C@H]1C[C@@H](C)OC(O[C@@H]2[C@@H](C)[C@H](OC(=O)Cc3cccnc3)[C@@H](C)C(=O)O[C@H](C)[C@@]3(C)OC(=O)N(CCCC(C)N4CNc5ncccc54)[C@H]3[C@@H](C)C(=O)[C@H](C)C[C@@]2(C)OC)[C@@H]1O. The summed E-state index contributed by atoms with van der Waals surface area (Å²) in [4.78, 5) is 71.8. The molecule has 4 aliphatic heterocycles. The molecule has 0 aromatic carbocycles. The summed E-state index contributed by atoms with van der Waals surface area (Å²) in [6, 6.07) is 6.27. The number of methoxy groups -OCH3 is 1. The van der Waals surface area contributed by atoms with Crippen molar-refractivity contribution >= 4 is 35.3 Å². The molecule has 17 heteroatoms. The lowest BCUT2D eigenvalue weighted by Crippen LogP contribution is -2.60. The monoisotopic (exact) mass is 921 g/mol. The highest BCUT2D eigenvalue weighted by Gasteiger charge is 2.60. The molecular weight excluding hydrogens is 849 g/mol. The number of hydrogen-bond acceptors (Lipinski definition) is 16. The van der Waals surface area contributed by atoms with Crippen LogP contribution in [0.2, 0.25) is 0 Å². The number of anilines is 2. The molecule has 6 rings (SSSR count). The van der Waals surface area contributed by atoms with Crippen molar-refractivity contribution in [2.75, 3.05) is 37.6 Å². The molecule has 17 nitrogen and oxygen atoms in total. The summed E-state index contributed by atoms with van der Waals surface area (Å²) in [5.74, 6) is -4.07. The second kappa shape index (κ2) is 21.0. The van der Waals surface area contributed by atoms with Crippen LogP contribution in [0.3, 0.4) is 0 Å². The number of nitrogens with zero attached hydrogens (tertiary/aromatic N) is 5. The summed E-state index contributed by atoms with van der Waals surface area (Å²) in [7, 11) is 3.33. The normalized spacial score (nSPS) is 35.7. The number of carbonyl (C=O) groups is 4. The van der Waals surface area contributed by atoms with Gasteiger partial charge in [0, 0.05) is 63.1 Å². The summed E-state index contributed by atoms with van der Waals surface area (Å²) in [5, 5.41) is 15.1. The fourth-order valence-corrected chi connectivity index (χ4v) is 10.7. The van der Waals surface area contributed by atoms with E-state index in [9.17, 15) is 24.3 Å². The first-order valence-corrected chi connectivity index (χ1v) is 23.4. The molecule has 3 saturated heterocycles. The summed E-state index contributed by atoms with van der Waals surface area (Å²) in [6.45, 7) is 21.0. The van der Waals surface area contributed by atoms with Gasteiger partial charge in [0.1, 0.15) is 24.1 Å². The maximum absolute atomic E-state index is 15.0. The Labute approximate surface area is 389 Å². The highest BCUT2D eigenvalue weighted by Crippen LogP contribution is 2.44. The minimum absolute atomic E-state index is 0.102. The first-order chi connectivity index (χ1) is 31.2. The molecule has 2 N–H and O–H groups in total. The molecule has 1 amide bonds. The van der Waals surface area contributed by atoms with Crippen molar-refractivity contribution in [3.8, 4) is 0 Å². The first kappa shape index (κ1) is 50.6. The number of Topliss-reactive ketones (excluding diaryl/α,β-unsaturated/α-hetero) is 1. The third kappa shape index (κ3) is 10.5. The van der Waals surface area contributed by atoms with Crippen LogP contribution in [0.1, 0.15) is 93.6 Å². The van der Waals surface area contributed by atoms with E-state index in [4.69, 9.17) is 28.4 Å². The minimum Gasteiger partial charge on any atom is -0.461 e. The molecule has 0 aliphatic carbocycles. The number of nitrogens with one attached hydrogen (secondary N) is 1. The molecule has 0 radical (unpaired) electrons. The number of rotatable bonds is 13. The Morgan fingerprint density at radius 2 is 1.83 bits per heavy atom. The van der Waals surface area contributed by atoms with Crippen molar-refractivity contribution in [1.29, 1.82) is 0 Å². The van der Waals surface area contributed by atoms with E-state index < -0.39 is 95.7 Å². The Kier molecular flexibility index (Phi) is 16.1. The lowest BCUT2D eigenvalue weighted by Gasteiger charge is -2.48. The van der Waals surface area contributed by atoms with Gasteiger partial charge in [0.15, 0.2) is 17.7 Å². The quantitative estimate of drug-likeness (QED) is 0.182. The maximum atomic E-state index is 15.0. The Balaban J connectivity index is 1.35. The largest absolute Gasteiger partial charge is 0.461 e. The molecule has 2 unspecified atom stereocenters. The molecule has 15 atom stereocenters. The molecule has 3 fully saturated rings. The third-order valence-corrected chi connectivity index (χ3v) is 14.7. The van der Waals surface area contributed by atoms with Gasteiger partial charge >= 0.3 is 18.0 Å². The van der Waals surface area contributed by atoms with E-state index in [1.807, 2.05) is 44.9 Å². The number of ether oxygens (including phenoxy) is 6. The summed E-state index contributed by atoms with van der Waals surface area (Å²) in [5.41, 5.74) is -1.14. The van der Waals surface area contributed by atoms with E-state index in [1.165, 1.54) is 7.11 Å². The molecule has 2 aromatic heterocycles. The van der Waals surface area contributed by atoms with E-state index in [0.29, 0.717) is 25.1 Å². The Morgan fingerprint density at radius 3 is 2.52 bits per heavy atom. The minimum atomic E-state index is -1.45. The second-order valence-corrected chi connectivity index (χ2v) is 19.4. The number of hydrogen-bond donors (Lipinski definition) is 2. The average Bonchev–Trinajstić information content (AvgIpc) is 3.84. The number of likely N-dealkylation sites (N-methyl/N-ethyl adjacent to an activating group) is 1. The predicted molar refractivity (Wildman–Crippen MR) is 246 cm³/mol. The second-order valence-electron chi connectivity index (χ2n) is 19.4. The number of amides is 1. The number of cyclic esters (lactones) is 1. The van der Waals surface area contributed by atoms with Crippen molar-refractivity contribution in [1.82, 2.24) is 19.8 Å². The van der Waals surface area contributed by atoms with Crippen LogP contribution in [0.25, 0.3) is 0 Å². The van der Waals surface area contributed by atoms with Crippen molar-refractivity contribution in [2.45, 2.75) is 161 Å². The molecule has 66 heavy (non-hydrogen) atoms. The fourth-order valence-electron chi connectivity index (χ4n) is 10.7. The predicted octanol–water partition coefficient (Wildman–Crippen LogP) is 5.75. The highest BCUT2D eigenvalue weighted by molar-refractivity contribution is 5.85. The van der Waals surface area contributed by atoms with Gasteiger partial charge in [-0.2, -0.15) is 0 Å². The van der Waals surface area contributed by atoms with Gasteiger partial charge in [-0.3, -0.25) is 19.4 Å². The molecule has 4 aliphatic rings. The molecule has 0 spiro atoms. The number of aromatic nitrogens is 2. The lowest BCUT2D eigenvalue weighted by molar-refractivity contribution is -0.301. The lowest BCUT2D eigenvalue weighted by atomic mass is 9.73. The van der Waals surface area contributed by atoms with Crippen LogP contribution in [0, 0.1) is 23.7 Å². The maximum Gasteiger partial charge on any atom is 0.410 e. The number of carbonyl (C=O) groups excluding carboxylic acids is 4. The summed E-state index contributed by atoms with van der Waals surface area (Å²) in [6.07, 6.45) is 1.79. The molecule has 6 heterocycles. The van der Waals surface area contributed by atoms with Crippen molar-refractivity contribution < 1.29 is 52.7 Å². The topological polar surface area (TPSA) is 191 Å². The van der Waals surface area contributed by atoms with Gasteiger partial charge in [-0.15, -0.1) is 0 Å². The first-order valence-electron chi connectivity index (χ1n) is 23.4. The summed E-state index contributed by atoms with van der Waals surface area (Å²) >= 11 is 0. The van der Waals surface area contributed by atoms with Crippen LogP contribution in [0.4, 0.5) is 16.3 Å². The van der Waals surface area contributed by atoms with E-state index in [-0.39, 0.29) is 37.3 Å². The van der Waals surface area contributed by atoms with Crippen LogP contribution in [0.15, 0.2) is 55.6 Å². The van der Waals surface area contributed by atoms with Crippen LogP contribution in [-0.2, 0) is 49.2 Å². The number of ketones is 1. The fraction of sp³-hybridized carbons (Fsp3) is 0.673. The van der Waals surface area contributed by atoms with Crippen molar-refractivity contribution in [3.05, 3.63) is 61.2 Å². The van der Waals surface area contributed by atoms with Crippen LogP contribution in [0.5, 0.6) is 0 Å². The van der Waals surface area contributed by atoms with Gasteiger partial charge in [0.25, 0.3) is 0 Å². The smallest absolute Gasteiger partial charge is 0.410 e. The van der Waals surface area contributed by atoms with Crippen molar-refractivity contribution in [2.24, 2.45) is 23.7 Å². The Bertz CT molecular complexity index is 2030. The van der Waals surface area contributed by atoms with Gasteiger partial charge in [0.2, 0.25) is 0 Å². The number of esters is 2. The number of pyridine rings is 2. The van der Waals surface area contributed by atoms with Crippen LogP contribution >= 0.6 is 0 Å². The number of fused-ring (bicyclic) bond motifs is 2. The molecule has 0 saturated carbocycles. The number of aliphatic hydroxyl groups excluding tert-OH is 1. The van der Waals surface area contributed by atoms with Gasteiger partial charge < -0.3 is 53.5 Å². The van der Waals surface area contributed by atoms with Gasteiger partial charge in [-0.1, -0.05) is 33.4 Å². The molecule has 364 valence electrons. The van der Waals surface area contributed by atoms with E-state index >= 15 is 0 Å². The third-order valence-electron chi connectivity index (χ3n) is 14.7. The molecular formula is C49H72N6O11. The van der Waals surface area contributed by atoms with Crippen LogP contribution < -0.4 is 10.2 Å². The van der Waals surface area contributed by atoms with Gasteiger partial charge in [-0.25, -0.2) is 9.78 Å². The highest BCUT2D eigenvalue weighted by atomic mass is 16.7. The molecule has 2 aromatic rings. The van der Waals surface area contributed by atoms with Crippen LogP contribution in [-0.4, -0.2) is 142 Å². The zero-order chi connectivity index (χ0) is 48.2. The molecule has 0 bridgehead atoms. The van der Waals surface area contributed by atoms with Crippen molar-refractivity contribution in [3.63, 3.8) is 0 Å². The summed E-state index contributed by atoms with van der Waals surface area (Å²) < 4.78 is 38.4. The zero-order valence-corrected chi connectivity index (χ0v) is 40.5. The van der Waals surface area contributed by atoms with E-state index in [1.54, 1.807) is 76.4 Å². The Morgan fingerprint density at radius 1 is 1.11 bits per heavy atom. The van der Waals surface area contributed by atoms with Gasteiger partial charge in [0.05, 0.1) is 54.6 Å². The zero-order valence-electron chi connectivity index (χ0n) is 40.5. The average molecular weight is 921 g/mol. The Hall–Kier alpha value is -4.84. The van der Waals surface area contributed by atoms with Gasteiger partial charge in [-0.05, 0) is 97.2 Å². The van der Waals surface area contributed by atoms with E-state index in [0.717, 1.165) is 17.9 Å².